The first kappa shape index (κ1) is 15.4. The molecular weight excluding hydrogens is 328 g/mol. The summed E-state index contributed by atoms with van der Waals surface area (Å²) in [6.45, 7) is 3.92. The second kappa shape index (κ2) is 7.18. The number of aryl methyl sites for hydroxylation is 1. The zero-order valence-corrected chi connectivity index (χ0v) is 13.6. The van der Waals surface area contributed by atoms with E-state index in [0.717, 1.165) is 21.3 Å². The Bertz CT molecular complexity index is 645. The third kappa shape index (κ3) is 4.83. The number of rotatable bonds is 4. The van der Waals surface area contributed by atoms with E-state index >= 15 is 0 Å². The molecule has 1 amide bonds. The van der Waals surface area contributed by atoms with Crippen molar-refractivity contribution in [2.24, 2.45) is 5.10 Å². The molecule has 2 rings (SSSR count). The van der Waals surface area contributed by atoms with E-state index in [0.29, 0.717) is 6.42 Å². The van der Waals surface area contributed by atoms with Crippen molar-refractivity contribution in [3.8, 4) is 0 Å². The molecule has 0 aromatic heterocycles. The average molecular weight is 345 g/mol. The summed E-state index contributed by atoms with van der Waals surface area (Å²) >= 11 is 3.37. The van der Waals surface area contributed by atoms with E-state index in [1.807, 2.05) is 62.4 Å². The van der Waals surface area contributed by atoms with Gasteiger partial charge >= 0.3 is 0 Å². The van der Waals surface area contributed by atoms with Gasteiger partial charge in [0.05, 0.1) is 12.1 Å². The van der Waals surface area contributed by atoms with Gasteiger partial charge in [0.25, 0.3) is 0 Å². The van der Waals surface area contributed by atoms with Crippen molar-refractivity contribution in [1.82, 2.24) is 5.43 Å². The number of nitrogens with one attached hydrogen (secondary N) is 1. The van der Waals surface area contributed by atoms with Gasteiger partial charge in [-0.05, 0) is 37.1 Å². The molecule has 4 heteroatoms. The molecule has 0 unspecified atom stereocenters. The van der Waals surface area contributed by atoms with Gasteiger partial charge in [-0.3, -0.25) is 4.79 Å². The van der Waals surface area contributed by atoms with E-state index in [-0.39, 0.29) is 5.91 Å². The molecule has 0 aliphatic rings. The number of hydrogen-bond donors (Lipinski definition) is 1. The maximum absolute atomic E-state index is 11.9. The van der Waals surface area contributed by atoms with E-state index in [1.165, 1.54) is 5.56 Å². The second-order valence-corrected chi connectivity index (χ2v) is 5.82. The predicted molar refractivity (Wildman–Crippen MR) is 89.4 cm³/mol. The van der Waals surface area contributed by atoms with Gasteiger partial charge in [-0.2, -0.15) is 5.10 Å². The van der Waals surface area contributed by atoms with Crippen LogP contribution in [0.5, 0.6) is 0 Å². The van der Waals surface area contributed by atoms with Gasteiger partial charge in [-0.15, -0.1) is 0 Å². The van der Waals surface area contributed by atoms with Crippen LogP contribution in [-0.2, 0) is 11.2 Å². The fourth-order valence-electron chi connectivity index (χ4n) is 1.83. The maximum Gasteiger partial charge on any atom is 0.244 e. The lowest BCUT2D eigenvalue weighted by molar-refractivity contribution is -0.120. The fraction of sp³-hybridized carbons (Fsp3) is 0.176. The molecule has 21 heavy (non-hydrogen) atoms. The number of carbonyl (C=O) groups excluding carboxylic acids is 1. The molecule has 0 bridgehead atoms. The number of nitrogens with zero attached hydrogens (tertiary/aromatic N) is 1. The molecule has 2 aromatic rings. The van der Waals surface area contributed by atoms with Gasteiger partial charge in [0.2, 0.25) is 5.91 Å². The number of amides is 1. The first-order valence-electron chi connectivity index (χ1n) is 6.69. The lowest BCUT2D eigenvalue weighted by atomic mass is 10.1. The van der Waals surface area contributed by atoms with Gasteiger partial charge in [0.1, 0.15) is 0 Å². The number of hydrazone groups is 1. The number of hydrogen-bond acceptors (Lipinski definition) is 2. The molecule has 0 spiro atoms. The van der Waals surface area contributed by atoms with Crippen LogP contribution in [0.25, 0.3) is 0 Å². The Balaban J connectivity index is 1.94. The number of carbonyl (C=O) groups is 1. The Kier molecular flexibility index (Phi) is 5.28. The number of benzene rings is 2. The van der Waals surface area contributed by atoms with Crippen molar-refractivity contribution in [2.75, 3.05) is 0 Å². The van der Waals surface area contributed by atoms with E-state index in [2.05, 4.69) is 26.5 Å². The van der Waals surface area contributed by atoms with Crippen LogP contribution >= 0.6 is 15.9 Å². The van der Waals surface area contributed by atoms with Crippen molar-refractivity contribution >= 4 is 27.5 Å². The summed E-state index contributed by atoms with van der Waals surface area (Å²) in [5.41, 5.74) is 6.55. The zero-order valence-electron chi connectivity index (χ0n) is 12.1. The highest BCUT2D eigenvalue weighted by Crippen LogP contribution is 2.10. The molecule has 0 radical (unpaired) electrons. The average Bonchev–Trinajstić information content (AvgIpc) is 2.48. The van der Waals surface area contributed by atoms with Crippen LogP contribution in [0.3, 0.4) is 0 Å². The van der Waals surface area contributed by atoms with Gasteiger partial charge in [-0.1, -0.05) is 57.9 Å². The van der Waals surface area contributed by atoms with E-state index < -0.39 is 0 Å². The molecule has 0 atom stereocenters. The van der Waals surface area contributed by atoms with Crippen LogP contribution in [-0.4, -0.2) is 11.6 Å². The second-order valence-electron chi connectivity index (χ2n) is 4.90. The Hall–Kier alpha value is -1.94. The maximum atomic E-state index is 11.9. The van der Waals surface area contributed by atoms with Gasteiger partial charge in [0.15, 0.2) is 0 Å². The lowest BCUT2D eigenvalue weighted by Crippen LogP contribution is -2.21. The highest BCUT2D eigenvalue weighted by atomic mass is 79.9. The minimum atomic E-state index is -0.121. The molecule has 2 aromatic carbocycles. The standard InChI is InChI=1S/C17H17BrN2O/c1-12-3-7-15(8-4-12)13(2)19-20-17(21)11-14-5-9-16(18)10-6-14/h3-10H,11H2,1-2H3,(H,20,21). The summed E-state index contributed by atoms with van der Waals surface area (Å²) in [7, 11) is 0. The Morgan fingerprint density at radius 1 is 1.10 bits per heavy atom. The SMILES string of the molecule is CC(=NNC(=O)Cc1ccc(Br)cc1)c1ccc(C)cc1. The summed E-state index contributed by atoms with van der Waals surface area (Å²) in [5, 5.41) is 4.15. The van der Waals surface area contributed by atoms with E-state index in [9.17, 15) is 4.79 Å². The summed E-state index contributed by atoms with van der Waals surface area (Å²) in [5.74, 6) is -0.121. The molecule has 108 valence electrons. The van der Waals surface area contributed by atoms with Crippen molar-refractivity contribution in [2.45, 2.75) is 20.3 Å². The van der Waals surface area contributed by atoms with Crippen LogP contribution in [0, 0.1) is 6.92 Å². The monoisotopic (exact) mass is 344 g/mol. The van der Waals surface area contributed by atoms with Crippen molar-refractivity contribution in [3.05, 3.63) is 69.7 Å². The first-order valence-corrected chi connectivity index (χ1v) is 7.48. The number of halogens is 1. The molecule has 0 heterocycles. The molecule has 0 saturated carbocycles. The minimum absolute atomic E-state index is 0.121. The summed E-state index contributed by atoms with van der Waals surface area (Å²) in [6, 6.07) is 15.7. The Labute approximate surface area is 133 Å². The van der Waals surface area contributed by atoms with Crippen molar-refractivity contribution in [3.63, 3.8) is 0 Å². The Morgan fingerprint density at radius 3 is 2.33 bits per heavy atom. The topological polar surface area (TPSA) is 41.5 Å². The third-order valence-electron chi connectivity index (χ3n) is 3.10. The van der Waals surface area contributed by atoms with E-state index in [1.54, 1.807) is 0 Å². The summed E-state index contributed by atoms with van der Waals surface area (Å²) in [6.07, 6.45) is 0.317. The predicted octanol–water partition coefficient (Wildman–Crippen LogP) is 3.84. The molecule has 0 saturated heterocycles. The first-order chi connectivity index (χ1) is 10.0. The van der Waals surface area contributed by atoms with Crippen molar-refractivity contribution < 1.29 is 4.79 Å². The molecule has 0 aliphatic carbocycles. The highest BCUT2D eigenvalue weighted by Gasteiger charge is 2.03. The molecule has 3 nitrogen and oxygen atoms in total. The summed E-state index contributed by atoms with van der Waals surface area (Å²) in [4.78, 5) is 11.9. The molecule has 0 fully saturated rings. The highest BCUT2D eigenvalue weighted by molar-refractivity contribution is 9.10. The Morgan fingerprint density at radius 2 is 1.71 bits per heavy atom. The van der Waals surface area contributed by atoms with Crippen LogP contribution < -0.4 is 5.43 Å². The van der Waals surface area contributed by atoms with Gasteiger partial charge < -0.3 is 0 Å². The normalized spacial score (nSPS) is 11.3. The van der Waals surface area contributed by atoms with Crippen LogP contribution in [0.4, 0.5) is 0 Å². The fourth-order valence-corrected chi connectivity index (χ4v) is 2.10. The van der Waals surface area contributed by atoms with Crippen LogP contribution in [0.15, 0.2) is 58.1 Å². The largest absolute Gasteiger partial charge is 0.273 e. The minimum Gasteiger partial charge on any atom is -0.273 e. The van der Waals surface area contributed by atoms with Crippen molar-refractivity contribution in [1.29, 1.82) is 0 Å². The molecular formula is C17H17BrN2O. The van der Waals surface area contributed by atoms with Gasteiger partial charge in [0, 0.05) is 4.47 Å². The van der Waals surface area contributed by atoms with Crippen LogP contribution in [0.1, 0.15) is 23.6 Å². The smallest absolute Gasteiger partial charge is 0.244 e. The molecule has 0 aliphatic heterocycles. The lowest BCUT2D eigenvalue weighted by Gasteiger charge is -2.04. The summed E-state index contributed by atoms with van der Waals surface area (Å²) < 4.78 is 1.000. The van der Waals surface area contributed by atoms with Crippen LogP contribution in [0.2, 0.25) is 0 Å². The van der Waals surface area contributed by atoms with E-state index in [4.69, 9.17) is 0 Å². The third-order valence-corrected chi connectivity index (χ3v) is 3.62. The quantitative estimate of drug-likeness (QED) is 0.664. The van der Waals surface area contributed by atoms with Gasteiger partial charge in [-0.25, -0.2) is 5.43 Å². The molecule has 1 N–H and O–H groups in total. The zero-order chi connectivity index (χ0) is 15.2.